The predicted molar refractivity (Wildman–Crippen MR) is 185 cm³/mol. The van der Waals surface area contributed by atoms with Gasteiger partial charge in [-0.25, -0.2) is 4.98 Å². The van der Waals surface area contributed by atoms with Crippen molar-refractivity contribution in [1.29, 1.82) is 0 Å². The van der Waals surface area contributed by atoms with E-state index >= 15 is 0 Å². The van der Waals surface area contributed by atoms with Crippen molar-refractivity contribution in [3.63, 3.8) is 0 Å². The summed E-state index contributed by atoms with van der Waals surface area (Å²) in [5.74, 6) is 4.59. The number of aryl methyl sites for hydroxylation is 1. The highest BCUT2D eigenvalue weighted by atomic mass is 31.0. The molecule has 3 atom stereocenters. The molecular formula is C36H40B2N5P. The number of unbranched alkanes of at least 4 members (excludes halogenated alkanes) is 1. The Bertz CT molecular complexity index is 1680. The van der Waals surface area contributed by atoms with Gasteiger partial charge in [-0.15, -0.1) is 15.7 Å². The first-order valence-electron chi connectivity index (χ1n) is 15.9. The van der Waals surface area contributed by atoms with Crippen LogP contribution in [0.15, 0.2) is 48.7 Å². The van der Waals surface area contributed by atoms with Gasteiger partial charge in [0.15, 0.2) is 5.82 Å². The molecule has 6 rings (SSSR count). The van der Waals surface area contributed by atoms with Crippen LogP contribution in [0.25, 0.3) is 11.4 Å². The number of H-pyrrole nitrogens is 1. The molecule has 1 saturated heterocycles. The highest BCUT2D eigenvalue weighted by Gasteiger charge is 2.37. The van der Waals surface area contributed by atoms with E-state index in [1.165, 1.54) is 33.5 Å². The van der Waals surface area contributed by atoms with Crippen LogP contribution in [0.2, 0.25) is 0 Å². The molecule has 44 heavy (non-hydrogen) atoms. The lowest BCUT2D eigenvalue weighted by Gasteiger charge is -2.33. The molecule has 4 aromatic rings. The fourth-order valence-corrected chi connectivity index (χ4v) is 7.39. The SMILES string of the molecule is [B]c1cc(C#C)ccc1[C@]1(C)Cc2cccc(C3CCN(Cc4ncc(-c5n[nH]c(C([B])P)n5)cc4CCCC)CC3)c2C1. The minimum Gasteiger partial charge on any atom is -0.297 e. The average Bonchev–Trinajstić information content (AvgIpc) is 3.66. The van der Waals surface area contributed by atoms with Crippen LogP contribution in [0, 0.1) is 12.3 Å². The van der Waals surface area contributed by atoms with Crippen LogP contribution in [0.1, 0.15) is 95.9 Å². The lowest BCUT2D eigenvalue weighted by atomic mass is 9.72. The third-order valence-corrected chi connectivity index (χ3v) is 9.98. The molecule has 8 heteroatoms. The van der Waals surface area contributed by atoms with Crippen molar-refractivity contribution in [2.75, 3.05) is 13.1 Å². The van der Waals surface area contributed by atoms with Crippen LogP contribution in [0.5, 0.6) is 0 Å². The van der Waals surface area contributed by atoms with E-state index in [-0.39, 0.29) is 11.0 Å². The quantitative estimate of drug-likeness (QED) is 0.159. The van der Waals surface area contributed by atoms with Crippen LogP contribution in [-0.2, 0) is 31.2 Å². The Labute approximate surface area is 267 Å². The first-order valence-corrected chi connectivity index (χ1v) is 16.6. The summed E-state index contributed by atoms with van der Waals surface area (Å²) in [5, 5.41) is 7.32. The Hall–Kier alpha value is -3.19. The van der Waals surface area contributed by atoms with Gasteiger partial charge in [-0.1, -0.05) is 62.0 Å². The highest BCUT2D eigenvalue weighted by Crippen LogP contribution is 2.43. The van der Waals surface area contributed by atoms with Gasteiger partial charge in [0.2, 0.25) is 0 Å². The fraction of sp³-hybridized carbons (Fsp3) is 0.417. The zero-order valence-corrected chi connectivity index (χ0v) is 27.1. The summed E-state index contributed by atoms with van der Waals surface area (Å²) < 4.78 is 0. The van der Waals surface area contributed by atoms with E-state index in [1.54, 1.807) is 0 Å². The second-order valence-electron chi connectivity index (χ2n) is 12.9. The molecule has 220 valence electrons. The fourth-order valence-electron chi connectivity index (χ4n) is 7.24. The lowest BCUT2D eigenvalue weighted by Crippen LogP contribution is -2.33. The second kappa shape index (κ2) is 13.0. The van der Waals surface area contributed by atoms with Gasteiger partial charge in [0.05, 0.1) is 13.5 Å². The number of aromatic amines is 1. The van der Waals surface area contributed by atoms with Gasteiger partial charge in [0.1, 0.15) is 13.7 Å². The molecule has 2 aliphatic rings. The summed E-state index contributed by atoms with van der Waals surface area (Å²) in [4.78, 5) is 12.1. The van der Waals surface area contributed by atoms with Crippen LogP contribution < -0.4 is 5.46 Å². The molecule has 2 aromatic carbocycles. The summed E-state index contributed by atoms with van der Waals surface area (Å²) in [5.41, 5.74) is 10.5. The first kappa shape index (κ1) is 30.8. The number of nitrogens with zero attached hydrogens (tertiary/aromatic N) is 4. The van der Waals surface area contributed by atoms with E-state index in [0.717, 1.165) is 81.2 Å². The summed E-state index contributed by atoms with van der Waals surface area (Å²) in [6, 6.07) is 15.3. The minimum absolute atomic E-state index is 0.0163. The third-order valence-electron chi connectivity index (χ3n) is 9.66. The zero-order valence-electron chi connectivity index (χ0n) is 25.9. The summed E-state index contributed by atoms with van der Waals surface area (Å²) in [6.07, 6.45) is 15.2. The van der Waals surface area contributed by atoms with Crippen LogP contribution in [-0.4, -0.2) is 53.8 Å². The van der Waals surface area contributed by atoms with Crippen molar-refractivity contribution >= 4 is 30.4 Å². The number of piperidine rings is 1. The smallest absolute Gasteiger partial charge is 0.182 e. The number of fused-ring (bicyclic) bond motifs is 1. The summed E-state index contributed by atoms with van der Waals surface area (Å²) >= 11 is 0. The number of likely N-dealkylation sites (tertiary alicyclic amines) is 1. The average molecular weight is 595 g/mol. The van der Waals surface area contributed by atoms with Gasteiger partial charge in [-0.05, 0) is 108 Å². The van der Waals surface area contributed by atoms with Crippen LogP contribution >= 0.6 is 9.24 Å². The molecule has 0 saturated carbocycles. The Morgan fingerprint density at radius 2 is 2.00 bits per heavy atom. The maximum absolute atomic E-state index is 6.52. The number of benzene rings is 2. The largest absolute Gasteiger partial charge is 0.297 e. The van der Waals surface area contributed by atoms with Gasteiger partial charge in [-0.3, -0.25) is 15.0 Å². The number of terminal acetylenes is 1. The van der Waals surface area contributed by atoms with Crippen molar-refractivity contribution in [2.45, 2.75) is 82.2 Å². The van der Waals surface area contributed by atoms with Crippen LogP contribution in [0.3, 0.4) is 0 Å². The second-order valence-corrected chi connectivity index (χ2v) is 13.6. The molecule has 5 nitrogen and oxygen atoms in total. The summed E-state index contributed by atoms with van der Waals surface area (Å²) in [7, 11) is 15.0. The Morgan fingerprint density at radius 1 is 1.18 bits per heavy atom. The van der Waals surface area contributed by atoms with E-state index < -0.39 is 0 Å². The normalized spacial score (nSPS) is 19.5. The number of hydrogen-bond acceptors (Lipinski definition) is 4. The minimum atomic E-state index is -0.266. The molecule has 2 aromatic heterocycles. The monoisotopic (exact) mass is 595 g/mol. The molecule has 0 bridgehead atoms. The standard InChI is InChI=1S/C36H40B2N5P/c1-4-6-8-25-18-27(34-40-35(33(38)44)42-41-34)21-39-32(25)22-43-15-13-24(14-16-43)28-10-7-9-26-19-36(3,20-29(26)28)30-12-11-23(5-2)17-31(30)37/h2,7,9-12,17-18,21,24,33H,4,6,8,13-16,19-20,22,44H2,1,3H3,(H,40,41,42)/t33?,36-/m1/s1. The van der Waals surface area contributed by atoms with E-state index in [4.69, 9.17) is 27.1 Å². The summed E-state index contributed by atoms with van der Waals surface area (Å²) in [6.45, 7) is 7.60. The van der Waals surface area contributed by atoms with E-state index in [0.29, 0.717) is 17.6 Å². The van der Waals surface area contributed by atoms with Crippen molar-refractivity contribution in [3.8, 4) is 23.7 Å². The molecule has 1 aliphatic heterocycles. The zero-order chi connectivity index (χ0) is 30.8. The first-order chi connectivity index (χ1) is 21.3. The molecule has 1 N–H and O–H groups in total. The van der Waals surface area contributed by atoms with Gasteiger partial charge < -0.3 is 0 Å². The number of nitrogens with one attached hydrogen (secondary N) is 1. The molecule has 3 heterocycles. The number of rotatable bonds is 9. The molecule has 2 unspecified atom stereocenters. The number of pyridine rings is 1. The third kappa shape index (κ3) is 6.30. The van der Waals surface area contributed by atoms with Crippen molar-refractivity contribution < 1.29 is 0 Å². The molecule has 1 fully saturated rings. The van der Waals surface area contributed by atoms with Gasteiger partial charge in [-0.2, -0.15) is 5.10 Å². The van der Waals surface area contributed by atoms with Gasteiger partial charge in [0.25, 0.3) is 0 Å². The predicted octanol–water partition coefficient (Wildman–Crippen LogP) is 5.46. The highest BCUT2D eigenvalue weighted by molar-refractivity contribution is 7.20. The van der Waals surface area contributed by atoms with E-state index in [2.05, 4.69) is 79.4 Å². The van der Waals surface area contributed by atoms with Crippen molar-refractivity contribution in [1.82, 2.24) is 25.1 Å². The molecule has 4 radical (unpaired) electrons. The van der Waals surface area contributed by atoms with Gasteiger partial charge in [0, 0.05) is 23.9 Å². The van der Waals surface area contributed by atoms with E-state index in [9.17, 15) is 0 Å². The Balaban J connectivity index is 1.14. The molecule has 0 amide bonds. The van der Waals surface area contributed by atoms with Crippen molar-refractivity contribution in [2.24, 2.45) is 0 Å². The molecular weight excluding hydrogens is 555 g/mol. The molecule has 0 spiro atoms. The topological polar surface area (TPSA) is 57.7 Å². The van der Waals surface area contributed by atoms with Crippen molar-refractivity contribution in [3.05, 3.63) is 93.6 Å². The Kier molecular flexibility index (Phi) is 9.13. The van der Waals surface area contributed by atoms with Gasteiger partial charge >= 0.3 is 0 Å². The maximum Gasteiger partial charge on any atom is 0.182 e. The number of hydrogen-bond donors (Lipinski definition) is 1. The van der Waals surface area contributed by atoms with Crippen LogP contribution in [0.4, 0.5) is 0 Å². The Morgan fingerprint density at radius 3 is 2.70 bits per heavy atom. The molecule has 1 aliphatic carbocycles. The maximum atomic E-state index is 6.52. The number of aromatic nitrogens is 4. The lowest BCUT2D eigenvalue weighted by molar-refractivity contribution is 0.201. The van der Waals surface area contributed by atoms with E-state index in [1.807, 2.05) is 18.3 Å².